The van der Waals surface area contributed by atoms with Crippen LogP contribution in [0.3, 0.4) is 0 Å². The van der Waals surface area contributed by atoms with Gasteiger partial charge in [-0.05, 0) is 13.3 Å². The van der Waals surface area contributed by atoms with E-state index in [9.17, 15) is 13.2 Å². The minimum atomic E-state index is -3.82. The Hall–Kier alpha value is -1.41. The van der Waals surface area contributed by atoms with Gasteiger partial charge in [-0.25, -0.2) is 13.4 Å². The fourth-order valence-electron chi connectivity index (χ4n) is 1.66. The number of methoxy groups -OCH3 is 1. The predicted molar refractivity (Wildman–Crippen MR) is 64.2 cm³/mol. The van der Waals surface area contributed by atoms with E-state index in [1.807, 2.05) is 6.92 Å². The molecule has 1 atom stereocenters. The number of sulfonamides is 1. The molecule has 0 aliphatic carbocycles. The number of imidazole rings is 1. The van der Waals surface area contributed by atoms with Crippen LogP contribution in [0.2, 0.25) is 0 Å². The highest BCUT2D eigenvalue weighted by atomic mass is 32.2. The lowest BCUT2D eigenvalue weighted by Gasteiger charge is -2.26. The van der Waals surface area contributed by atoms with Crippen molar-refractivity contribution in [2.24, 2.45) is 0 Å². The number of carbonyl (C=O) groups excluding carboxylic acids is 1. The summed E-state index contributed by atoms with van der Waals surface area (Å²) in [4.78, 5) is 17.8. The number of rotatable bonds is 6. The minimum absolute atomic E-state index is 0.0891. The summed E-state index contributed by atoms with van der Waals surface area (Å²) in [5.41, 5.74) is -1.28. The fourth-order valence-corrected chi connectivity index (χ4v) is 2.96. The number of aromatic nitrogens is 2. The first kappa shape index (κ1) is 14.7. The Kier molecular flexibility index (Phi) is 4.47. The Balaban J connectivity index is 3.01. The Morgan fingerprint density at radius 1 is 1.61 bits per heavy atom. The van der Waals surface area contributed by atoms with Crippen LogP contribution in [0, 0.1) is 0 Å². The normalized spacial score (nSPS) is 15.1. The van der Waals surface area contributed by atoms with E-state index >= 15 is 0 Å². The van der Waals surface area contributed by atoms with Crippen LogP contribution in [0.1, 0.15) is 26.7 Å². The van der Waals surface area contributed by atoms with Crippen molar-refractivity contribution in [3.63, 3.8) is 0 Å². The number of nitrogens with one attached hydrogen (secondary N) is 2. The third-order valence-corrected chi connectivity index (χ3v) is 4.03. The van der Waals surface area contributed by atoms with Crippen LogP contribution in [0.4, 0.5) is 0 Å². The molecule has 0 saturated carbocycles. The molecule has 1 heterocycles. The molecule has 0 fully saturated rings. The van der Waals surface area contributed by atoms with Gasteiger partial charge in [-0.2, -0.15) is 4.72 Å². The van der Waals surface area contributed by atoms with Crippen LogP contribution in [0.5, 0.6) is 0 Å². The Morgan fingerprint density at radius 2 is 2.28 bits per heavy atom. The molecule has 0 aromatic carbocycles. The second-order valence-corrected chi connectivity index (χ2v) is 5.75. The molecule has 0 saturated heterocycles. The van der Waals surface area contributed by atoms with Crippen molar-refractivity contribution in [3.8, 4) is 0 Å². The van der Waals surface area contributed by atoms with Crippen molar-refractivity contribution in [1.82, 2.24) is 14.7 Å². The van der Waals surface area contributed by atoms with E-state index < -0.39 is 21.5 Å². The summed E-state index contributed by atoms with van der Waals surface area (Å²) >= 11 is 0. The van der Waals surface area contributed by atoms with E-state index in [2.05, 4.69) is 19.4 Å². The van der Waals surface area contributed by atoms with Crippen LogP contribution in [-0.4, -0.2) is 37.0 Å². The van der Waals surface area contributed by atoms with Crippen molar-refractivity contribution in [3.05, 3.63) is 12.5 Å². The lowest BCUT2D eigenvalue weighted by molar-refractivity contribution is -0.147. The minimum Gasteiger partial charge on any atom is -0.468 e. The third kappa shape index (κ3) is 3.08. The van der Waals surface area contributed by atoms with E-state index in [0.29, 0.717) is 12.8 Å². The number of hydrogen-bond acceptors (Lipinski definition) is 5. The second-order valence-electron chi connectivity index (χ2n) is 4.10. The van der Waals surface area contributed by atoms with Crippen molar-refractivity contribution in [2.75, 3.05) is 7.11 Å². The van der Waals surface area contributed by atoms with Crippen molar-refractivity contribution >= 4 is 16.0 Å². The Morgan fingerprint density at radius 3 is 2.72 bits per heavy atom. The maximum atomic E-state index is 12.0. The molecule has 0 amide bonds. The third-order valence-electron chi connectivity index (χ3n) is 2.51. The zero-order valence-electron chi connectivity index (χ0n) is 10.6. The molecule has 1 aromatic heterocycles. The molecule has 2 N–H and O–H groups in total. The molecule has 0 spiro atoms. The summed E-state index contributed by atoms with van der Waals surface area (Å²) < 4.78 is 31.0. The smallest absolute Gasteiger partial charge is 0.326 e. The molecule has 1 unspecified atom stereocenters. The number of carbonyl (C=O) groups is 1. The van der Waals surface area contributed by atoms with Gasteiger partial charge < -0.3 is 9.72 Å². The quantitative estimate of drug-likeness (QED) is 0.733. The predicted octanol–water partition coefficient (Wildman–Crippen LogP) is 0.420. The van der Waals surface area contributed by atoms with E-state index in [0.717, 1.165) is 0 Å². The fraction of sp³-hybridized carbons (Fsp3) is 0.600. The average Bonchev–Trinajstić information content (AvgIpc) is 2.81. The lowest BCUT2D eigenvalue weighted by atomic mass is 9.98. The molecular weight excluding hydrogens is 258 g/mol. The number of H-pyrrole nitrogens is 1. The number of hydrogen-bond donors (Lipinski definition) is 2. The topological polar surface area (TPSA) is 101 Å². The first-order chi connectivity index (χ1) is 8.35. The van der Waals surface area contributed by atoms with Gasteiger partial charge in [0, 0.05) is 0 Å². The zero-order chi connectivity index (χ0) is 13.8. The first-order valence-electron chi connectivity index (χ1n) is 5.46. The van der Waals surface area contributed by atoms with Gasteiger partial charge in [0.1, 0.15) is 5.54 Å². The molecule has 18 heavy (non-hydrogen) atoms. The molecule has 0 bridgehead atoms. The van der Waals surface area contributed by atoms with E-state index in [4.69, 9.17) is 0 Å². The molecule has 7 nitrogen and oxygen atoms in total. The van der Waals surface area contributed by atoms with E-state index in [1.165, 1.54) is 26.6 Å². The molecule has 1 rings (SSSR count). The zero-order valence-corrected chi connectivity index (χ0v) is 11.4. The van der Waals surface area contributed by atoms with Crippen molar-refractivity contribution in [1.29, 1.82) is 0 Å². The van der Waals surface area contributed by atoms with Gasteiger partial charge in [0.15, 0.2) is 5.03 Å². The molecule has 1 aromatic rings. The maximum absolute atomic E-state index is 12.0. The van der Waals surface area contributed by atoms with Crippen LogP contribution < -0.4 is 4.72 Å². The summed E-state index contributed by atoms with van der Waals surface area (Å²) in [5.74, 6) is -0.618. The SMILES string of the molecule is CCCC(C)(NS(=O)(=O)c1cnc[nH]1)C(=O)OC. The standard InChI is InChI=1S/C10H17N3O4S/c1-4-5-10(2,9(14)17-3)13-18(15,16)8-6-11-7-12-8/h6-7,13H,4-5H2,1-3H3,(H,11,12). The van der Waals surface area contributed by atoms with Gasteiger partial charge in [0.25, 0.3) is 10.0 Å². The number of nitrogens with zero attached hydrogens (tertiary/aromatic N) is 1. The monoisotopic (exact) mass is 275 g/mol. The average molecular weight is 275 g/mol. The van der Waals surface area contributed by atoms with E-state index in [-0.39, 0.29) is 5.03 Å². The highest BCUT2D eigenvalue weighted by Gasteiger charge is 2.38. The van der Waals surface area contributed by atoms with E-state index in [1.54, 1.807) is 0 Å². The number of aromatic amines is 1. The van der Waals surface area contributed by atoms with Gasteiger partial charge in [-0.15, -0.1) is 0 Å². The lowest BCUT2D eigenvalue weighted by Crippen LogP contribution is -2.52. The summed E-state index contributed by atoms with van der Waals surface area (Å²) in [6, 6.07) is 0. The van der Waals surface area contributed by atoms with Crippen molar-refractivity contribution < 1.29 is 17.9 Å². The highest BCUT2D eigenvalue weighted by molar-refractivity contribution is 7.89. The Bertz CT molecular complexity index is 497. The van der Waals surface area contributed by atoms with Crippen LogP contribution in [-0.2, 0) is 19.6 Å². The summed E-state index contributed by atoms with van der Waals surface area (Å²) in [5, 5.41) is -0.0891. The van der Waals surface area contributed by atoms with Crippen LogP contribution in [0.15, 0.2) is 17.6 Å². The summed E-state index contributed by atoms with van der Waals surface area (Å²) in [7, 11) is -2.60. The van der Waals surface area contributed by atoms with Crippen molar-refractivity contribution in [2.45, 2.75) is 37.3 Å². The number of ether oxygens (including phenoxy) is 1. The highest BCUT2D eigenvalue weighted by Crippen LogP contribution is 2.18. The molecule has 0 aliphatic heterocycles. The maximum Gasteiger partial charge on any atom is 0.326 e. The summed E-state index contributed by atoms with van der Waals surface area (Å²) in [6.07, 6.45) is 3.40. The first-order valence-corrected chi connectivity index (χ1v) is 6.95. The Labute approximate surface area is 106 Å². The van der Waals surface area contributed by atoms with Gasteiger partial charge in [0.2, 0.25) is 0 Å². The van der Waals surface area contributed by atoms with Gasteiger partial charge in [-0.1, -0.05) is 13.3 Å². The van der Waals surface area contributed by atoms with Gasteiger partial charge in [0.05, 0.1) is 19.6 Å². The van der Waals surface area contributed by atoms with Gasteiger partial charge in [-0.3, -0.25) is 4.79 Å². The molecular formula is C10H17N3O4S. The van der Waals surface area contributed by atoms with Crippen LogP contribution >= 0.6 is 0 Å². The number of esters is 1. The molecule has 0 aliphatic rings. The molecule has 8 heteroatoms. The van der Waals surface area contributed by atoms with Gasteiger partial charge >= 0.3 is 5.97 Å². The largest absolute Gasteiger partial charge is 0.468 e. The molecule has 102 valence electrons. The molecule has 0 radical (unpaired) electrons. The second kappa shape index (κ2) is 5.49. The van der Waals surface area contributed by atoms with Crippen LogP contribution in [0.25, 0.3) is 0 Å². The summed E-state index contributed by atoms with van der Waals surface area (Å²) in [6.45, 7) is 3.35.